The first-order valence-corrected chi connectivity index (χ1v) is 9.83. The van der Waals surface area contributed by atoms with E-state index in [0.29, 0.717) is 12.0 Å². The second-order valence-corrected chi connectivity index (χ2v) is 8.26. The van der Waals surface area contributed by atoms with Gasteiger partial charge in [-0.25, -0.2) is 4.79 Å². The van der Waals surface area contributed by atoms with Gasteiger partial charge in [-0.15, -0.1) is 0 Å². The lowest BCUT2D eigenvalue weighted by Crippen LogP contribution is -2.46. The third kappa shape index (κ3) is 5.92. The van der Waals surface area contributed by atoms with E-state index in [2.05, 4.69) is 24.1 Å². The van der Waals surface area contributed by atoms with Crippen molar-refractivity contribution >= 4 is 6.03 Å². The fraction of sp³-hybridized carbons (Fsp3) is 0.947. The molecule has 2 fully saturated rings. The van der Waals surface area contributed by atoms with Crippen LogP contribution in [0.4, 0.5) is 4.79 Å². The summed E-state index contributed by atoms with van der Waals surface area (Å²) >= 11 is 0. The molecule has 2 atom stereocenters. The highest BCUT2D eigenvalue weighted by Crippen LogP contribution is 2.26. The number of rotatable bonds is 6. The topological polar surface area (TPSA) is 55.8 Å². The molecule has 2 unspecified atom stereocenters. The maximum Gasteiger partial charge on any atom is 0.317 e. The summed E-state index contributed by atoms with van der Waals surface area (Å²) in [6, 6.07) is 0.388. The summed E-state index contributed by atoms with van der Waals surface area (Å²) in [7, 11) is 1.91. The minimum Gasteiger partial charge on any atom is -0.396 e. The Morgan fingerprint density at radius 3 is 2.38 bits per heavy atom. The average molecular weight is 340 g/mol. The van der Waals surface area contributed by atoms with Gasteiger partial charge in [-0.05, 0) is 62.8 Å². The Kier molecular flexibility index (Phi) is 7.82. The number of amides is 2. The molecule has 5 heteroatoms. The van der Waals surface area contributed by atoms with Gasteiger partial charge >= 0.3 is 6.03 Å². The van der Waals surface area contributed by atoms with Crippen LogP contribution in [0.5, 0.6) is 0 Å². The van der Waals surface area contributed by atoms with Crippen molar-refractivity contribution in [3.8, 4) is 0 Å². The first-order valence-electron chi connectivity index (χ1n) is 9.83. The zero-order valence-corrected chi connectivity index (χ0v) is 15.8. The number of piperidine rings is 1. The lowest BCUT2D eigenvalue weighted by atomic mass is 9.86. The number of hydrogen-bond donors (Lipinski definition) is 2. The molecule has 1 saturated heterocycles. The maximum absolute atomic E-state index is 12.3. The van der Waals surface area contributed by atoms with Gasteiger partial charge in [-0.1, -0.05) is 13.8 Å². The number of likely N-dealkylation sites (tertiary alicyclic amines) is 1. The number of urea groups is 1. The number of carbonyl (C=O) groups excluding carboxylic acids is 1. The van der Waals surface area contributed by atoms with Gasteiger partial charge in [0, 0.05) is 39.3 Å². The van der Waals surface area contributed by atoms with Gasteiger partial charge in [0.25, 0.3) is 0 Å². The normalized spacial score (nSPS) is 31.7. The van der Waals surface area contributed by atoms with E-state index in [0.717, 1.165) is 57.0 Å². The third-order valence-corrected chi connectivity index (χ3v) is 5.81. The first-order chi connectivity index (χ1) is 11.5. The van der Waals surface area contributed by atoms with Crippen molar-refractivity contribution in [1.29, 1.82) is 0 Å². The summed E-state index contributed by atoms with van der Waals surface area (Å²) in [6.45, 7) is 9.21. The largest absolute Gasteiger partial charge is 0.396 e. The highest BCUT2D eigenvalue weighted by atomic mass is 16.3. The number of aliphatic hydroxyl groups is 1. The lowest BCUT2D eigenvalue weighted by Gasteiger charge is -2.35. The molecule has 2 aliphatic rings. The first kappa shape index (κ1) is 19.5. The summed E-state index contributed by atoms with van der Waals surface area (Å²) in [5.74, 6) is 2.03. The zero-order valence-electron chi connectivity index (χ0n) is 15.8. The molecule has 0 spiro atoms. The van der Waals surface area contributed by atoms with Gasteiger partial charge in [0.2, 0.25) is 0 Å². The summed E-state index contributed by atoms with van der Waals surface area (Å²) in [4.78, 5) is 16.7. The van der Waals surface area contributed by atoms with Crippen LogP contribution >= 0.6 is 0 Å². The molecular weight excluding hydrogens is 302 g/mol. The molecule has 2 rings (SSSR count). The maximum atomic E-state index is 12.3. The Morgan fingerprint density at radius 1 is 1.17 bits per heavy atom. The molecule has 0 aromatic rings. The highest BCUT2D eigenvalue weighted by molar-refractivity contribution is 5.74. The van der Waals surface area contributed by atoms with Gasteiger partial charge in [0.1, 0.15) is 0 Å². The molecule has 1 heterocycles. The van der Waals surface area contributed by atoms with Crippen LogP contribution in [-0.2, 0) is 0 Å². The summed E-state index contributed by atoms with van der Waals surface area (Å²) in [6.07, 6.45) is 6.46. The highest BCUT2D eigenvalue weighted by Gasteiger charge is 2.26. The van der Waals surface area contributed by atoms with Crippen LogP contribution < -0.4 is 5.32 Å². The van der Waals surface area contributed by atoms with Gasteiger partial charge in [-0.3, -0.25) is 0 Å². The molecule has 0 aromatic heterocycles. The van der Waals surface area contributed by atoms with Crippen LogP contribution in [0.3, 0.4) is 0 Å². The van der Waals surface area contributed by atoms with E-state index in [1.807, 2.05) is 11.9 Å². The summed E-state index contributed by atoms with van der Waals surface area (Å²) in [5, 5.41) is 12.3. The summed E-state index contributed by atoms with van der Waals surface area (Å²) < 4.78 is 0. The quantitative estimate of drug-likeness (QED) is 0.731. The molecule has 1 saturated carbocycles. The van der Waals surface area contributed by atoms with Gasteiger partial charge in [0.15, 0.2) is 0 Å². The van der Waals surface area contributed by atoms with Gasteiger partial charge in [-0.2, -0.15) is 0 Å². The Balaban J connectivity index is 1.60. The van der Waals surface area contributed by atoms with Crippen LogP contribution in [0.15, 0.2) is 0 Å². The van der Waals surface area contributed by atoms with Crippen LogP contribution in [-0.4, -0.2) is 66.8 Å². The Hall–Kier alpha value is -0.810. The Bertz CT molecular complexity index is 373. The average Bonchev–Trinajstić information content (AvgIpc) is 2.57. The van der Waals surface area contributed by atoms with E-state index in [4.69, 9.17) is 0 Å². The second-order valence-electron chi connectivity index (χ2n) is 8.26. The van der Waals surface area contributed by atoms with Crippen molar-refractivity contribution in [2.45, 2.75) is 58.4 Å². The molecule has 1 aliphatic heterocycles. The second kappa shape index (κ2) is 9.62. The smallest absolute Gasteiger partial charge is 0.317 e. The lowest BCUT2D eigenvalue weighted by molar-refractivity contribution is 0.131. The monoisotopic (exact) mass is 339 g/mol. The molecule has 0 aromatic carbocycles. The van der Waals surface area contributed by atoms with Crippen LogP contribution in [0.1, 0.15) is 52.4 Å². The molecule has 24 heavy (non-hydrogen) atoms. The van der Waals surface area contributed by atoms with Crippen molar-refractivity contribution in [3.05, 3.63) is 0 Å². The van der Waals surface area contributed by atoms with E-state index >= 15 is 0 Å². The van der Waals surface area contributed by atoms with E-state index < -0.39 is 0 Å². The zero-order chi connectivity index (χ0) is 17.5. The van der Waals surface area contributed by atoms with Crippen molar-refractivity contribution in [2.75, 3.05) is 39.8 Å². The van der Waals surface area contributed by atoms with Crippen LogP contribution in [0.25, 0.3) is 0 Å². The minimum atomic E-state index is 0.0582. The molecule has 5 nitrogen and oxygen atoms in total. The van der Waals surface area contributed by atoms with Gasteiger partial charge in [0.05, 0.1) is 0 Å². The fourth-order valence-electron chi connectivity index (χ4n) is 4.48. The number of carbonyl (C=O) groups is 1. The number of aliphatic hydroxyl groups excluding tert-OH is 1. The molecule has 2 N–H and O–H groups in total. The van der Waals surface area contributed by atoms with Crippen molar-refractivity contribution in [2.24, 2.45) is 17.8 Å². The van der Waals surface area contributed by atoms with Crippen LogP contribution in [0, 0.1) is 17.8 Å². The molecule has 0 radical (unpaired) electrons. The molecular formula is C19H37N3O2. The molecule has 1 aliphatic carbocycles. The third-order valence-electron chi connectivity index (χ3n) is 5.81. The number of nitrogens with one attached hydrogen (secondary N) is 1. The van der Waals surface area contributed by atoms with Gasteiger partial charge < -0.3 is 20.2 Å². The molecule has 0 bridgehead atoms. The van der Waals surface area contributed by atoms with E-state index in [1.165, 1.54) is 19.5 Å². The number of hydrogen-bond acceptors (Lipinski definition) is 3. The van der Waals surface area contributed by atoms with Crippen molar-refractivity contribution in [1.82, 2.24) is 15.1 Å². The Labute approximate surface area is 147 Å². The predicted molar refractivity (Wildman–Crippen MR) is 98.0 cm³/mol. The SMILES string of the molecule is CC1CC(C)CN(CCCNC(=O)N(C)C2CCC(CO)CC2)C1. The minimum absolute atomic E-state index is 0.0582. The van der Waals surface area contributed by atoms with E-state index in [1.54, 1.807) is 0 Å². The van der Waals surface area contributed by atoms with Crippen LogP contribution in [0.2, 0.25) is 0 Å². The molecule has 140 valence electrons. The number of nitrogens with zero attached hydrogens (tertiary/aromatic N) is 2. The Morgan fingerprint density at radius 2 is 1.79 bits per heavy atom. The predicted octanol–water partition coefficient (Wildman–Crippen LogP) is 2.55. The van der Waals surface area contributed by atoms with Crippen molar-refractivity contribution < 1.29 is 9.90 Å². The van der Waals surface area contributed by atoms with Crippen molar-refractivity contribution in [3.63, 3.8) is 0 Å². The summed E-state index contributed by atoms with van der Waals surface area (Å²) in [5.41, 5.74) is 0. The van der Waals surface area contributed by atoms with E-state index in [-0.39, 0.29) is 12.6 Å². The van der Waals surface area contributed by atoms with E-state index in [9.17, 15) is 9.90 Å². The standard InChI is InChI=1S/C19H37N3O2/c1-15-11-16(2)13-22(12-15)10-4-9-20-19(24)21(3)18-7-5-17(14-23)6-8-18/h15-18,23H,4-14H2,1-3H3,(H,20,24). The fourth-order valence-corrected chi connectivity index (χ4v) is 4.48. The molecule has 2 amide bonds.